The summed E-state index contributed by atoms with van der Waals surface area (Å²) >= 11 is 4.23. The molecule has 0 amide bonds. The first-order valence-corrected chi connectivity index (χ1v) is 4.79. The van der Waals surface area contributed by atoms with Crippen molar-refractivity contribution in [3.8, 4) is 5.69 Å². The summed E-state index contributed by atoms with van der Waals surface area (Å²) in [5, 5.41) is 4.36. The van der Waals surface area contributed by atoms with Gasteiger partial charge in [-0.25, -0.2) is 4.68 Å². The second-order valence-corrected chi connectivity index (χ2v) is 3.76. The number of hydrogen-bond acceptors (Lipinski definition) is 3. The van der Waals surface area contributed by atoms with Crippen LogP contribution in [0.5, 0.6) is 0 Å². The molecular weight excluding hydrogens is 194 g/mol. The van der Waals surface area contributed by atoms with E-state index in [4.69, 9.17) is 0 Å². The standard InChI is InChI=1S/C10H11N3S/c1-7-6-13(12-8(7)2)9-3-10(14)5-11-4-9/h3-6,14H,1-2H3. The minimum Gasteiger partial charge on any atom is -0.261 e. The van der Waals surface area contributed by atoms with Crippen molar-refractivity contribution in [1.29, 1.82) is 0 Å². The third kappa shape index (κ3) is 1.65. The van der Waals surface area contributed by atoms with Crippen molar-refractivity contribution in [2.24, 2.45) is 0 Å². The molecule has 0 unspecified atom stereocenters. The van der Waals surface area contributed by atoms with Gasteiger partial charge in [0.2, 0.25) is 0 Å². The second kappa shape index (κ2) is 3.46. The highest BCUT2D eigenvalue weighted by atomic mass is 32.1. The first-order valence-electron chi connectivity index (χ1n) is 4.34. The van der Waals surface area contributed by atoms with Gasteiger partial charge in [0.25, 0.3) is 0 Å². The Bertz CT molecular complexity index is 443. The lowest BCUT2D eigenvalue weighted by Crippen LogP contribution is -1.95. The van der Waals surface area contributed by atoms with Crippen LogP contribution in [-0.4, -0.2) is 14.8 Å². The fourth-order valence-corrected chi connectivity index (χ4v) is 1.42. The zero-order valence-corrected chi connectivity index (χ0v) is 8.99. The highest BCUT2D eigenvalue weighted by Crippen LogP contribution is 2.13. The van der Waals surface area contributed by atoms with Gasteiger partial charge in [-0.2, -0.15) is 5.10 Å². The monoisotopic (exact) mass is 205 g/mol. The van der Waals surface area contributed by atoms with Gasteiger partial charge < -0.3 is 0 Å². The molecule has 0 N–H and O–H groups in total. The van der Waals surface area contributed by atoms with E-state index in [9.17, 15) is 0 Å². The third-order valence-corrected chi connectivity index (χ3v) is 2.36. The number of nitrogens with zero attached hydrogens (tertiary/aromatic N) is 3. The van der Waals surface area contributed by atoms with Crippen LogP contribution in [0.1, 0.15) is 11.3 Å². The molecule has 0 bridgehead atoms. The van der Waals surface area contributed by atoms with Crippen LogP contribution in [0.2, 0.25) is 0 Å². The van der Waals surface area contributed by atoms with Crippen molar-refractivity contribution in [3.63, 3.8) is 0 Å². The van der Waals surface area contributed by atoms with E-state index < -0.39 is 0 Å². The number of thiol groups is 1. The van der Waals surface area contributed by atoms with Crippen molar-refractivity contribution < 1.29 is 0 Å². The molecule has 4 heteroatoms. The molecule has 2 heterocycles. The lowest BCUT2D eigenvalue weighted by molar-refractivity contribution is 0.852. The van der Waals surface area contributed by atoms with Crippen LogP contribution >= 0.6 is 12.6 Å². The van der Waals surface area contributed by atoms with E-state index in [1.807, 2.05) is 30.8 Å². The largest absolute Gasteiger partial charge is 0.261 e. The van der Waals surface area contributed by atoms with Crippen molar-refractivity contribution in [2.75, 3.05) is 0 Å². The van der Waals surface area contributed by atoms with Gasteiger partial charge in [0.15, 0.2) is 0 Å². The molecule has 0 atom stereocenters. The number of hydrogen-bond donors (Lipinski definition) is 1. The van der Waals surface area contributed by atoms with Crippen molar-refractivity contribution in [1.82, 2.24) is 14.8 Å². The topological polar surface area (TPSA) is 30.7 Å². The summed E-state index contributed by atoms with van der Waals surface area (Å²) in [4.78, 5) is 4.90. The first kappa shape index (κ1) is 9.27. The van der Waals surface area contributed by atoms with Crippen LogP contribution in [0.3, 0.4) is 0 Å². The Morgan fingerprint density at radius 2 is 2.07 bits per heavy atom. The van der Waals surface area contributed by atoms with E-state index in [-0.39, 0.29) is 0 Å². The molecule has 2 aromatic rings. The van der Waals surface area contributed by atoms with E-state index in [1.165, 1.54) is 5.56 Å². The fourth-order valence-electron chi connectivity index (χ4n) is 1.22. The maximum Gasteiger partial charge on any atom is 0.0840 e. The predicted molar refractivity (Wildman–Crippen MR) is 58.1 cm³/mol. The maximum absolute atomic E-state index is 4.36. The quantitative estimate of drug-likeness (QED) is 0.723. The number of aromatic nitrogens is 3. The maximum atomic E-state index is 4.36. The van der Waals surface area contributed by atoms with Crippen LogP contribution in [0.15, 0.2) is 29.6 Å². The number of pyridine rings is 1. The highest BCUT2D eigenvalue weighted by Gasteiger charge is 2.02. The molecule has 2 aromatic heterocycles. The lowest BCUT2D eigenvalue weighted by Gasteiger charge is -2.00. The smallest absolute Gasteiger partial charge is 0.0840 e. The third-order valence-electron chi connectivity index (χ3n) is 2.12. The Balaban J connectivity index is 2.49. The van der Waals surface area contributed by atoms with Crippen LogP contribution in [0.25, 0.3) is 5.69 Å². The summed E-state index contributed by atoms with van der Waals surface area (Å²) in [5.41, 5.74) is 3.15. The molecule has 0 aromatic carbocycles. The van der Waals surface area contributed by atoms with Gasteiger partial charge in [-0.3, -0.25) is 4.98 Å². The average Bonchev–Trinajstić information content (AvgIpc) is 2.47. The van der Waals surface area contributed by atoms with Gasteiger partial charge in [-0.1, -0.05) is 0 Å². The molecule has 0 radical (unpaired) electrons. The normalized spacial score (nSPS) is 10.5. The SMILES string of the molecule is Cc1cn(-c2cncc(S)c2)nc1C. The zero-order valence-electron chi connectivity index (χ0n) is 8.10. The highest BCUT2D eigenvalue weighted by molar-refractivity contribution is 7.80. The summed E-state index contributed by atoms with van der Waals surface area (Å²) in [6.45, 7) is 4.03. The van der Waals surface area contributed by atoms with Gasteiger partial charge in [-0.15, -0.1) is 12.6 Å². The van der Waals surface area contributed by atoms with E-state index in [0.29, 0.717) is 0 Å². The van der Waals surface area contributed by atoms with E-state index >= 15 is 0 Å². The van der Waals surface area contributed by atoms with E-state index in [1.54, 1.807) is 12.4 Å². The zero-order chi connectivity index (χ0) is 10.1. The predicted octanol–water partition coefficient (Wildman–Crippen LogP) is 2.17. The van der Waals surface area contributed by atoms with Gasteiger partial charge in [0.05, 0.1) is 17.6 Å². The molecule has 72 valence electrons. The van der Waals surface area contributed by atoms with Crippen molar-refractivity contribution >= 4 is 12.6 Å². The van der Waals surface area contributed by atoms with E-state index in [0.717, 1.165) is 16.3 Å². The molecule has 14 heavy (non-hydrogen) atoms. The van der Waals surface area contributed by atoms with Gasteiger partial charge in [-0.05, 0) is 25.5 Å². The molecule has 0 aliphatic heterocycles. The summed E-state index contributed by atoms with van der Waals surface area (Å²) < 4.78 is 1.82. The Labute approximate surface area is 88.2 Å². The summed E-state index contributed by atoms with van der Waals surface area (Å²) in [6.07, 6.45) is 5.46. The summed E-state index contributed by atoms with van der Waals surface area (Å²) in [5.74, 6) is 0. The molecule has 0 aliphatic carbocycles. The van der Waals surface area contributed by atoms with Gasteiger partial charge in [0.1, 0.15) is 0 Å². The Hall–Kier alpha value is -1.29. The number of rotatable bonds is 1. The minimum atomic E-state index is 0.841. The Morgan fingerprint density at radius 3 is 2.64 bits per heavy atom. The Kier molecular flexibility index (Phi) is 2.29. The van der Waals surface area contributed by atoms with Crippen LogP contribution in [0, 0.1) is 13.8 Å². The number of aryl methyl sites for hydroxylation is 2. The van der Waals surface area contributed by atoms with Crippen LogP contribution < -0.4 is 0 Å². The molecule has 0 aliphatic rings. The second-order valence-electron chi connectivity index (χ2n) is 3.24. The van der Waals surface area contributed by atoms with Crippen molar-refractivity contribution in [2.45, 2.75) is 18.7 Å². The summed E-state index contributed by atoms with van der Waals surface area (Å²) in [7, 11) is 0. The molecule has 0 fully saturated rings. The van der Waals surface area contributed by atoms with Crippen LogP contribution in [-0.2, 0) is 0 Å². The Morgan fingerprint density at radius 1 is 1.29 bits per heavy atom. The molecule has 0 saturated carbocycles. The van der Waals surface area contributed by atoms with Gasteiger partial charge in [0, 0.05) is 17.3 Å². The molecule has 0 saturated heterocycles. The lowest BCUT2D eigenvalue weighted by atomic mass is 10.3. The molecule has 3 nitrogen and oxygen atoms in total. The van der Waals surface area contributed by atoms with E-state index in [2.05, 4.69) is 22.7 Å². The first-order chi connectivity index (χ1) is 6.66. The average molecular weight is 205 g/mol. The van der Waals surface area contributed by atoms with Crippen molar-refractivity contribution in [3.05, 3.63) is 35.9 Å². The fraction of sp³-hybridized carbons (Fsp3) is 0.200. The minimum absolute atomic E-state index is 0.841. The van der Waals surface area contributed by atoms with Crippen LogP contribution in [0.4, 0.5) is 0 Å². The molecular formula is C10H11N3S. The molecule has 2 rings (SSSR count). The van der Waals surface area contributed by atoms with Gasteiger partial charge >= 0.3 is 0 Å². The molecule has 0 spiro atoms. The summed E-state index contributed by atoms with van der Waals surface area (Å²) in [6, 6.07) is 1.93.